The Labute approximate surface area is 78.2 Å². The van der Waals surface area contributed by atoms with Gasteiger partial charge in [-0.25, -0.2) is 0 Å². The van der Waals surface area contributed by atoms with Gasteiger partial charge < -0.3 is 4.90 Å². The van der Waals surface area contributed by atoms with Gasteiger partial charge in [0.1, 0.15) is 0 Å². The van der Waals surface area contributed by atoms with E-state index < -0.39 is 0 Å². The highest BCUT2D eigenvalue weighted by molar-refractivity contribution is 5.94. The lowest BCUT2D eigenvalue weighted by molar-refractivity contribution is -0.116. The van der Waals surface area contributed by atoms with E-state index in [0.29, 0.717) is 5.92 Å². The first-order valence-corrected chi connectivity index (χ1v) is 4.57. The minimum absolute atomic E-state index is 0.136. The van der Waals surface area contributed by atoms with E-state index in [1.54, 1.807) is 6.92 Å². The molecule has 0 aliphatic carbocycles. The smallest absolute Gasteiger partial charge is 0.223 e. The molecule has 1 aliphatic heterocycles. The molecule has 1 amide bonds. The van der Waals surface area contributed by atoms with Gasteiger partial charge in [0.2, 0.25) is 5.91 Å². The second-order valence-electron chi connectivity index (χ2n) is 3.59. The second-order valence-corrected chi connectivity index (χ2v) is 3.59. The Morgan fingerprint density at radius 3 is 2.85 bits per heavy atom. The van der Waals surface area contributed by atoms with Crippen molar-refractivity contribution in [3.8, 4) is 0 Å². The van der Waals surface area contributed by atoms with Crippen LogP contribution in [0.25, 0.3) is 0 Å². The van der Waals surface area contributed by atoms with Crippen LogP contribution >= 0.6 is 0 Å². The zero-order valence-corrected chi connectivity index (χ0v) is 7.95. The Hall–Kier alpha value is -1.31. The Morgan fingerprint density at radius 2 is 2.15 bits per heavy atom. The molecule has 2 heteroatoms. The fourth-order valence-electron chi connectivity index (χ4n) is 1.92. The van der Waals surface area contributed by atoms with E-state index in [2.05, 4.69) is 13.0 Å². The first-order chi connectivity index (χ1) is 6.20. The van der Waals surface area contributed by atoms with Gasteiger partial charge in [0.15, 0.2) is 0 Å². The maximum atomic E-state index is 11.3. The zero-order valence-electron chi connectivity index (χ0n) is 7.95. The van der Waals surface area contributed by atoms with Crippen molar-refractivity contribution >= 4 is 11.6 Å². The molecular formula is C11H13NO. The van der Waals surface area contributed by atoms with Crippen LogP contribution in [-0.4, -0.2) is 12.5 Å². The number of para-hydroxylation sites is 1. The maximum Gasteiger partial charge on any atom is 0.223 e. The number of rotatable bonds is 0. The second kappa shape index (κ2) is 2.87. The Morgan fingerprint density at radius 1 is 1.46 bits per heavy atom. The van der Waals surface area contributed by atoms with Gasteiger partial charge in [-0.15, -0.1) is 0 Å². The van der Waals surface area contributed by atoms with E-state index in [1.165, 1.54) is 5.56 Å². The fourth-order valence-corrected chi connectivity index (χ4v) is 1.92. The lowest BCUT2D eigenvalue weighted by atomic mass is 10.0. The third-order valence-corrected chi connectivity index (χ3v) is 2.60. The summed E-state index contributed by atoms with van der Waals surface area (Å²) in [5.74, 6) is 0.608. The van der Waals surface area contributed by atoms with E-state index >= 15 is 0 Å². The van der Waals surface area contributed by atoms with Gasteiger partial charge in [0.25, 0.3) is 0 Å². The van der Waals surface area contributed by atoms with Crippen LogP contribution in [0.15, 0.2) is 24.3 Å². The molecule has 13 heavy (non-hydrogen) atoms. The quantitative estimate of drug-likeness (QED) is 0.591. The molecular weight excluding hydrogens is 162 g/mol. The summed E-state index contributed by atoms with van der Waals surface area (Å²) >= 11 is 0. The fraction of sp³-hybridized carbons (Fsp3) is 0.364. The Kier molecular flexibility index (Phi) is 1.83. The van der Waals surface area contributed by atoms with Gasteiger partial charge >= 0.3 is 0 Å². The van der Waals surface area contributed by atoms with Crippen molar-refractivity contribution in [2.75, 3.05) is 11.4 Å². The monoisotopic (exact) mass is 175 g/mol. The van der Waals surface area contributed by atoms with Crippen molar-refractivity contribution < 1.29 is 4.79 Å². The first-order valence-electron chi connectivity index (χ1n) is 4.57. The molecule has 0 saturated heterocycles. The molecule has 1 heterocycles. The molecule has 1 aliphatic rings. The van der Waals surface area contributed by atoms with E-state index in [0.717, 1.165) is 12.2 Å². The number of hydrogen-bond donors (Lipinski definition) is 0. The molecule has 2 nitrogen and oxygen atoms in total. The highest BCUT2D eigenvalue weighted by atomic mass is 16.2. The van der Waals surface area contributed by atoms with E-state index in [1.807, 2.05) is 23.1 Å². The van der Waals surface area contributed by atoms with Crippen molar-refractivity contribution in [3.05, 3.63) is 29.8 Å². The summed E-state index contributed by atoms with van der Waals surface area (Å²) in [6, 6.07) is 8.12. The average Bonchev–Trinajstić information content (AvgIpc) is 2.45. The molecule has 0 fully saturated rings. The summed E-state index contributed by atoms with van der Waals surface area (Å²) < 4.78 is 0. The number of amides is 1. The maximum absolute atomic E-state index is 11.3. The lowest BCUT2D eigenvalue weighted by Crippen LogP contribution is -2.26. The summed E-state index contributed by atoms with van der Waals surface area (Å²) in [4.78, 5) is 13.1. The number of carbonyl (C=O) groups excluding carboxylic acids is 1. The van der Waals surface area contributed by atoms with Crippen LogP contribution < -0.4 is 4.90 Å². The third kappa shape index (κ3) is 1.22. The highest BCUT2D eigenvalue weighted by Gasteiger charge is 2.26. The van der Waals surface area contributed by atoms with Crippen molar-refractivity contribution in [1.29, 1.82) is 0 Å². The molecule has 2 rings (SSSR count). The molecule has 1 atom stereocenters. The number of anilines is 1. The van der Waals surface area contributed by atoms with Crippen LogP contribution in [-0.2, 0) is 4.79 Å². The SMILES string of the molecule is CC(=O)N1CC(C)c2ccccc21. The van der Waals surface area contributed by atoms with Crippen molar-refractivity contribution in [3.63, 3.8) is 0 Å². The minimum atomic E-state index is 0.136. The minimum Gasteiger partial charge on any atom is -0.312 e. The van der Waals surface area contributed by atoms with Gasteiger partial charge in [-0.2, -0.15) is 0 Å². The standard InChI is InChI=1S/C11H13NO/c1-8-7-12(9(2)13)11-6-4-3-5-10(8)11/h3-6,8H,7H2,1-2H3. The Bertz CT molecular complexity index is 346. The van der Waals surface area contributed by atoms with Crippen LogP contribution in [0.4, 0.5) is 5.69 Å². The van der Waals surface area contributed by atoms with Gasteiger partial charge in [0, 0.05) is 25.1 Å². The van der Waals surface area contributed by atoms with Gasteiger partial charge in [-0.05, 0) is 11.6 Å². The molecule has 1 aromatic rings. The number of hydrogen-bond acceptors (Lipinski definition) is 1. The number of fused-ring (bicyclic) bond motifs is 1. The van der Waals surface area contributed by atoms with E-state index in [-0.39, 0.29) is 5.91 Å². The molecule has 1 unspecified atom stereocenters. The summed E-state index contributed by atoms with van der Waals surface area (Å²) in [5, 5.41) is 0. The summed E-state index contributed by atoms with van der Waals surface area (Å²) in [6.07, 6.45) is 0. The van der Waals surface area contributed by atoms with Gasteiger partial charge in [-0.3, -0.25) is 4.79 Å². The van der Waals surface area contributed by atoms with Crippen LogP contribution in [0.3, 0.4) is 0 Å². The van der Waals surface area contributed by atoms with Crippen LogP contribution in [0.5, 0.6) is 0 Å². The van der Waals surface area contributed by atoms with Crippen molar-refractivity contribution in [2.45, 2.75) is 19.8 Å². The molecule has 68 valence electrons. The van der Waals surface area contributed by atoms with E-state index in [9.17, 15) is 4.79 Å². The molecule has 0 bridgehead atoms. The normalized spacial score (nSPS) is 20.2. The third-order valence-electron chi connectivity index (χ3n) is 2.60. The first kappa shape index (κ1) is 8.30. The number of benzene rings is 1. The number of carbonyl (C=O) groups is 1. The number of nitrogens with zero attached hydrogens (tertiary/aromatic N) is 1. The van der Waals surface area contributed by atoms with Crippen LogP contribution in [0.1, 0.15) is 25.3 Å². The van der Waals surface area contributed by atoms with Crippen LogP contribution in [0.2, 0.25) is 0 Å². The molecule has 0 spiro atoms. The highest BCUT2D eigenvalue weighted by Crippen LogP contribution is 2.35. The molecule has 0 N–H and O–H groups in total. The molecule has 0 saturated carbocycles. The largest absolute Gasteiger partial charge is 0.312 e. The van der Waals surface area contributed by atoms with E-state index in [4.69, 9.17) is 0 Å². The molecule has 1 aromatic carbocycles. The topological polar surface area (TPSA) is 20.3 Å². The summed E-state index contributed by atoms with van der Waals surface area (Å²) in [5.41, 5.74) is 2.38. The average molecular weight is 175 g/mol. The van der Waals surface area contributed by atoms with Crippen LogP contribution in [0, 0.1) is 0 Å². The van der Waals surface area contributed by atoms with Gasteiger partial charge in [0.05, 0.1) is 0 Å². The summed E-state index contributed by atoms with van der Waals surface area (Å²) in [6.45, 7) is 4.60. The Balaban J connectivity index is 2.47. The van der Waals surface area contributed by atoms with Crippen molar-refractivity contribution in [2.24, 2.45) is 0 Å². The predicted molar refractivity (Wildman–Crippen MR) is 52.9 cm³/mol. The molecule has 0 radical (unpaired) electrons. The predicted octanol–water partition coefficient (Wildman–Crippen LogP) is 2.16. The van der Waals surface area contributed by atoms with Crippen molar-refractivity contribution in [1.82, 2.24) is 0 Å². The summed E-state index contributed by atoms with van der Waals surface area (Å²) in [7, 11) is 0. The molecule has 0 aromatic heterocycles. The lowest BCUT2D eigenvalue weighted by Gasteiger charge is -2.14. The van der Waals surface area contributed by atoms with Gasteiger partial charge in [-0.1, -0.05) is 25.1 Å². The zero-order chi connectivity index (χ0) is 9.42.